The molecule has 0 saturated heterocycles. The van der Waals surface area contributed by atoms with Crippen molar-refractivity contribution in [1.82, 2.24) is 10.2 Å². The maximum atomic E-state index is 14.2. The Morgan fingerprint density at radius 3 is 2.70 bits per heavy atom. The Bertz CT molecular complexity index is 761. The van der Waals surface area contributed by atoms with E-state index in [2.05, 4.69) is 21.2 Å². The van der Waals surface area contributed by atoms with Crippen molar-refractivity contribution in [2.24, 2.45) is 0 Å². The summed E-state index contributed by atoms with van der Waals surface area (Å²) in [5, 5.41) is 2.66. The predicted octanol–water partition coefficient (Wildman–Crippen LogP) is 4.37. The molecule has 1 aliphatic rings. The van der Waals surface area contributed by atoms with Gasteiger partial charge in [0, 0.05) is 23.6 Å². The van der Waals surface area contributed by atoms with Crippen molar-refractivity contribution >= 4 is 27.5 Å². The van der Waals surface area contributed by atoms with E-state index in [-0.39, 0.29) is 17.9 Å². The molecule has 23 heavy (non-hydrogen) atoms. The van der Waals surface area contributed by atoms with Crippen molar-refractivity contribution in [3.63, 3.8) is 0 Å². The van der Waals surface area contributed by atoms with Crippen LogP contribution in [0.2, 0.25) is 0 Å². The zero-order chi connectivity index (χ0) is 16.4. The first-order valence-corrected chi connectivity index (χ1v) is 8.09. The highest BCUT2D eigenvalue weighted by molar-refractivity contribution is 9.10. The number of carbonyl (C=O) groups excluding carboxylic acids is 1. The van der Waals surface area contributed by atoms with Crippen molar-refractivity contribution in [2.75, 3.05) is 13.6 Å². The zero-order valence-electron chi connectivity index (χ0n) is 12.6. The number of benzene rings is 2. The molecule has 0 radical (unpaired) electrons. The second-order valence-corrected chi connectivity index (χ2v) is 6.27. The van der Waals surface area contributed by atoms with Gasteiger partial charge in [0.1, 0.15) is 5.82 Å². The second-order valence-electron chi connectivity index (χ2n) is 5.35. The lowest BCUT2D eigenvalue weighted by Crippen LogP contribution is -2.38. The first kappa shape index (κ1) is 15.7. The highest BCUT2D eigenvalue weighted by Gasteiger charge is 2.31. The SMILES string of the molecule is CNC(=O)N1CC(c2cc(Br)ccc2F)=CC1c1ccccc1. The number of nitrogens with zero attached hydrogens (tertiary/aromatic N) is 1. The average molecular weight is 375 g/mol. The van der Waals surface area contributed by atoms with Crippen molar-refractivity contribution in [1.29, 1.82) is 0 Å². The Labute approximate surface area is 142 Å². The van der Waals surface area contributed by atoms with Crippen LogP contribution in [0.15, 0.2) is 59.1 Å². The lowest BCUT2D eigenvalue weighted by atomic mass is 10.0. The van der Waals surface area contributed by atoms with Gasteiger partial charge in [-0.3, -0.25) is 0 Å². The molecule has 0 fully saturated rings. The molecule has 1 N–H and O–H groups in total. The molecule has 118 valence electrons. The number of halogens is 2. The van der Waals surface area contributed by atoms with Crippen LogP contribution in [0.3, 0.4) is 0 Å². The van der Waals surface area contributed by atoms with Gasteiger partial charge in [0.05, 0.1) is 6.04 Å². The summed E-state index contributed by atoms with van der Waals surface area (Å²) in [4.78, 5) is 13.9. The van der Waals surface area contributed by atoms with Gasteiger partial charge in [-0.1, -0.05) is 52.3 Å². The van der Waals surface area contributed by atoms with Crippen molar-refractivity contribution in [3.8, 4) is 0 Å². The quantitative estimate of drug-likeness (QED) is 0.831. The summed E-state index contributed by atoms with van der Waals surface area (Å²) in [5.74, 6) is -0.287. The Morgan fingerprint density at radius 1 is 1.26 bits per heavy atom. The minimum atomic E-state index is -0.287. The minimum absolute atomic E-state index is 0.180. The van der Waals surface area contributed by atoms with Crippen molar-refractivity contribution in [2.45, 2.75) is 6.04 Å². The molecule has 0 spiro atoms. The summed E-state index contributed by atoms with van der Waals surface area (Å²) < 4.78 is 15.0. The summed E-state index contributed by atoms with van der Waals surface area (Å²) in [6.45, 7) is 0.368. The van der Waals surface area contributed by atoms with E-state index in [0.717, 1.165) is 15.6 Å². The van der Waals surface area contributed by atoms with Crippen LogP contribution >= 0.6 is 15.9 Å². The zero-order valence-corrected chi connectivity index (χ0v) is 14.2. The predicted molar refractivity (Wildman–Crippen MR) is 92.4 cm³/mol. The molecular weight excluding hydrogens is 359 g/mol. The van der Waals surface area contributed by atoms with Gasteiger partial charge in [-0.2, -0.15) is 0 Å². The molecule has 0 saturated carbocycles. The summed E-state index contributed by atoms with van der Waals surface area (Å²) in [6.07, 6.45) is 1.95. The summed E-state index contributed by atoms with van der Waals surface area (Å²) >= 11 is 3.37. The highest BCUT2D eigenvalue weighted by atomic mass is 79.9. The third kappa shape index (κ3) is 3.15. The molecule has 5 heteroatoms. The van der Waals surface area contributed by atoms with E-state index in [4.69, 9.17) is 0 Å². The molecule has 2 aromatic carbocycles. The molecule has 2 aromatic rings. The molecule has 0 bridgehead atoms. The first-order chi connectivity index (χ1) is 11.1. The molecule has 0 aromatic heterocycles. The Morgan fingerprint density at radius 2 is 2.00 bits per heavy atom. The van der Waals surface area contributed by atoms with Gasteiger partial charge in [-0.05, 0) is 29.3 Å². The molecule has 1 heterocycles. The largest absolute Gasteiger partial charge is 0.341 e. The highest BCUT2D eigenvalue weighted by Crippen LogP contribution is 2.36. The summed E-state index contributed by atoms with van der Waals surface area (Å²) in [7, 11) is 1.60. The van der Waals surface area contributed by atoms with Crippen LogP contribution in [-0.2, 0) is 0 Å². The number of rotatable bonds is 2. The molecular formula is C18H16BrFN2O. The fourth-order valence-electron chi connectivity index (χ4n) is 2.80. The van der Waals surface area contributed by atoms with Gasteiger partial charge in [0.2, 0.25) is 0 Å². The Balaban J connectivity index is 2.03. The van der Waals surface area contributed by atoms with Crippen LogP contribution in [0, 0.1) is 5.82 Å². The maximum absolute atomic E-state index is 14.2. The number of amides is 2. The molecule has 1 atom stereocenters. The molecule has 1 unspecified atom stereocenters. The van der Waals surface area contributed by atoms with E-state index in [0.29, 0.717) is 12.1 Å². The van der Waals surface area contributed by atoms with Crippen LogP contribution in [-0.4, -0.2) is 24.5 Å². The van der Waals surface area contributed by atoms with Gasteiger partial charge in [-0.15, -0.1) is 0 Å². The monoisotopic (exact) mass is 374 g/mol. The molecule has 0 aliphatic carbocycles. The molecule has 3 rings (SSSR count). The van der Waals surface area contributed by atoms with Gasteiger partial charge in [0.15, 0.2) is 0 Å². The average Bonchev–Trinajstić information content (AvgIpc) is 3.02. The van der Waals surface area contributed by atoms with E-state index < -0.39 is 0 Å². The van der Waals surface area contributed by atoms with Crippen LogP contribution in [0.1, 0.15) is 17.2 Å². The normalized spacial score (nSPS) is 17.1. The number of carbonyl (C=O) groups is 1. The van der Waals surface area contributed by atoms with Crippen LogP contribution in [0.4, 0.5) is 9.18 Å². The minimum Gasteiger partial charge on any atom is -0.341 e. The van der Waals surface area contributed by atoms with Crippen LogP contribution in [0.5, 0.6) is 0 Å². The smallest absolute Gasteiger partial charge is 0.318 e. The lowest BCUT2D eigenvalue weighted by molar-refractivity contribution is 0.200. The van der Waals surface area contributed by atoms with Crippen LogP contribution in [0.25, 0.3) is 5.57 Å². The number of nitrogens with one attached hydrogen (secondary N) is 1. The van der Waals surface area contributed by atoms with Gasteiger partial charge >= 0.3 is 6.03 Å². The molecule has 3 nitrogen and oxygen atoms in total. The van der Waals surface area contributed by atoms with E-state index in [1.165, 1.54) is 6.07 Å². The van der Waals surface area contributed by atoms with E-state index in [1.807, 2.05) is 36.4 Å². The Hall–Kier alpha value is -2.14. The fourth-order valence-corrected chi connectivity index (χ4v) is 3.16. The third-order valence-corrected chi connectivity index (χ3v) is 4.42. The summed E-state index contributed by atoms with van der Waals surface area (Å²) in [5.41, 5.74) is 2.33. The molecule has 2 amide bonds. The number of hydrogen-bond donors (Lipinski definition) is 1. The maximum Gasteiger partial charge on any atom is 0.318 e. The van der Waals surface area contributed by atoms with Gasteiger partial charge in [0.25, 0.3) is 0 Å². The first-order valence-electron chi connectivity index (χ1n) is 7.29. The van der Waals surface area contributed by atoms with E-state index >= 15 is 0 Å². The Kier molecular flexibility index (Phi) is 4.48. The van der Waals surface area contributed by atoms with Gasteiger partial charge in [-0.25, -0.2) is 9.18 Å². The summed E-state index contributed by atoms with van der Waals surface area (Å²) in [6, 6.07) is 14.2. The fraction of sp³-hybridized carbons (Fsp3) is 0.167. The van der Waals surface area contributed by atoms with Crippen molar-refractivity contribution < 1.29 is 9.18 Å². The van der Waals surface area contributed by atoms with Crippen LogP contribution < -0.4 is 5.32 Å². The van der Waals surface area contributed by atoms with E-state index in [1.54, 1.807) is 24.1 Å². The topological polar surface area (TPSA) is 32.3 Å². The number of urea groups is 1. The number of hydrogen-bond acceptors (Lipinski definition) is 1. The standard InChI is InChI=1S/C18H16BrFN2O/c1-21-18(23)22-11-13(15-10-14(19)7-8-16(15)20)9-17(22)12-5-3-2-4-6-12/h2-10,17H,11H2,1H3,(H,21,23). The van der Waals surface area contributed by atoms with Gasteiger partial charge < -0.3 is 10.2 Å². The third-order valence-electron chi connectivity index (χ3n) is 3.93. The van der Waals surface area contributed by atoms with Crippen molar-refractivity contribution in [3.05, 3.63) is 76.0 Å². The van der Waals surface area contributed by atoms with E-state index in [9.17, 15) is 9.18 Å². The molecule has 1 aliphatic heterocycles. The second kappa shape index (κ2) is 6.54. The lowest BCUT2D eigenvalue weighted by Gasteiger charge is -2.24.